The van der Waals surface area contributed by atoms with Gasteiger partial charge < -0.3 is 4.90 Å². The third-order valence-corrected chi connectivity index (χ3v) is 3.14. The number of amides is 1. The zero-order valence-electron chi connectivity index (χ0n) is 10.0. The maximum absolute atomic E-state index is 11.5. The summed E-state index contributed by atoms with van der Waals surface area (Å²) in [6.07, 6.45) is 5.02. The van der Waals surface area contributed by atoms with Gasteiger partial charge in [0.15, 0.2) is 0 Å². The summed E-state index contributed by atoms with van der Waals surface area (Å²) in [5.41, 5.74) is 0. The Bertz CT molecular complexity index is 228. The summed E-state index contributed by atoms with van der Waals surface area (Å²) in [4.78, 5) is 13.4. The molecule has 0 spiro atoms. The minimum atomic E-state index is 0.0974. The molecule has 1 aliphatic heterocycles. The highest BCUT2D eigenvalue weighted by Gasteiger charge is 2.20. The molecule has 2 nitrogen and oxygen atoms in total. The van der Waals surface area contributed by atoms with Gasteiger partial charge in [-0.3, -0.25) is 4.79 Å². The first-order valence-corrected chi connectivity index (χ1v) is 6.04. The Morgan fingerprint density at radius 2 is 2.20 bits per heavy atom. The van der Waals surface area contributed by atoms with Crippen LogP contribution in [0.4, 0.5) is 0 Å². The minimum Gasteiger partial charge on any atom is -0.339 e. The Kier molecular flexibility index (Phi) is 4.93. The molecule has 0 aliphatic carbocycles. The Hall–Kier alpha value is -0.725. The maximum atomic E-state index is 11.5. The van der Waals surface area contributed by atoms with E-state index in [2.05, 4.69) is 20.4 Å². The second kappa shape index (κ2) is 5.99. The summed E-state index contributed by atoms with van der Waals surface area (Å²) < 4.78 is 0. The molecule has 1 fully saturated rings. The molecule has 1 atom stereocenters. The first-order chi connectivity index (χ1) is 7.13. The van der Waals surface area contributed by atoms with E-state index in [9.17, 15) is 4.79 Å². The van der Waals surface area contributed by atoms with Gasteiger partial charge in [-0.1, -0.05) is 38.5 Å². The van der Waals surface area contributed by atoms with Gasteiger partial charge in [-0.05, 0) is 18.9 Å². The van der Waals surface area contributed by atoms with Crippen LogP contribution in [-0.2, 0) is 4.79 Å². The van der Waals surface area contributed by atoms with Gasteiger partial charge in [0.05, 0.1) is 0 Å². The lowest BCUT2D eigenvalue weighted by Crippen LogP contribution is -2.30. The van der Waals surface area contributed by atoms with Gasteiger partial charge in [-0.2, -0.15) is 0 Å². The van der Waals surface area contributed by atoms with Crippen LogP contribution >= 0.6 is 0 Å². The fourth-order valence-corrected chi connectivity index (χ4v) is 2.42. The monoisotopic (exact) mass is 207 g/mol. The van der Waals surface area contributed by atoms with E-state index in [0.717, 1.165) is 37.6 Å². The standard InChI is InChI=1S/C12H22BNO/c1-4-12(15)14-8-5-6-11(7-9-14)13-10(2)3/h4,10-11,13H,1,5-9H2,2-3H3. The largest absolute Gasteiger partial charge is 0.339 e. The van der Waals surface area contributed by atoms with Gasteiger partial charge in [0.2, 0.25) is 5.91 Å². The van der Waals surface area contributed by atoms with E-state index >= 15 is 0 Å². The second-order valence-corrected chi connectivity index (χ2v) is 4.96. The van der Waals surface area contributed by atoms with E-state index in [1.165, 1.54) is 19.8 Å². The molecular formula is C12H22BNO. The summed E-state index contributed by atoms with van der Waals surface area (Å²) in [6.45, 7) is 9.93. The summed E-state index contributed by atoms with van der Waals surface area (Å²) in [7, 11) is 1.30. The molecule has 0 aromatic rings. The number of likely N-dealkylation sites (tertiary alicyclic amines) is 1. The van der Waals surface area contributed by atoms with Crippen LogP contribution in [0.15, 0.2) is 12.7 Å². The molecule has 0 bridgehead atoms. The number of carbonyl (C=O) groups excluding carboxylic acids is 1. The van der Waals surface area contributed by atoms with E-state index in [1.54, 1.807) is 0 Å². The van der Waals surface area contributed by atoms with Crippen LogP contribution in [0.25, 0.3) is 0 Å². The molecule has 15 heavy (non-hydrogen) atoms. The predicted octanol–water partition coefficient (Wildman–Crippen LogP) is 2.24. The lowest BCUT2D eigenvalue weighted by atomic mass is 9.54. The molecule has 1 aliphatic rings. The highest BCUT2D eigenvalue weighted by molar-refractivity contribution is 6.39. The summed E-state index contributed by atoms with van der Waals surface area (Å²) >= 11 is 0. The third kappa shape index (κ3) is 4.11. The van der Waals surface area contributed by atoms with Crippen molar-refractivity contribution >= 4 is 13.2 Å². The molecule has 1 amide bonds. The molecule has 1 saturated heterocycles. The highest BCUT2D eigenvalue weighted by atomic mass is 16.2. The summed E-state index contributed by atoms with van der Waals surface area (Å²) in [6, 6.07) is 0. The molecule has 84 valence electrons. The van der Waals surface area contributed by atoms with Crippen LogP contribution in [0.2, 0.25) is 11.6 Å². The summed E-state index contributed by atoms with van der Waals surface area (Å²) in [5, 5.41) is 0. The maximum Gasteiger partial charge on any atom is 0.245 e. The number of carbonyl (C=O) groups is 1. The number of hydrogen-bond acceptors (Lipinski definition) is 1. The first kappa shape index (κ1) is 12.3. The zero-order valence-corrected chi connectivity index (χ0v) is 10.0. The molecule has 0 radical (unpaired) electrons. The van der Waals surface area contributed by atoms with Crippen molar-refractivity contribution in [3.63, 3.8) is 0 Å². The fourth-order valence-electron chi connectivity index (χ4n) is 2.42. The van der Waals surface area contributed by atoms with Crippen molar-refractivity contribution < 1.29 is 4.79 Å². The molecule has 0 aromatic heterocycles. The van der Waals surface area contributed by atoms with Crippen LogP contribution in [0, 0.1) is 0 Å². The van der Waals surface area contributed by atoms with Gasteiger partial charge >= 0.3 is 0 Å². The Morgan fingerprint density at radius 1 is 1.47 bits per heavy atom. The van der Waals surface area contributed by atoms with E-state index in [0.29, 0.717) is 0 Å². The van der Waals surface area contributed by atoms with E-state index in [1.807, 2.05) is 4.90 Å². The molecule has 1 unspecified atom stereocenters. The van der Waals surface area contributed by atoms with Gasteiger partial charge in [0, 0.05) is 13.1 Å². The molecule has 0 saturated carbocycles. The lowest BCUT2D eigenvalue weighted by molar-refractivity contribution is -0.125. The topological polar surface area (TPSA) is 20.3 Å². The van der Waals surface area contributed by atoms with Crippen molar-refractivity contribution in [2.75, 3.05) is 13.1 Å². The molecular weight excluding hydrogens is 185 g/mol. The van der Waals surface area contributed by atoms with Crippen LogP contribution in [0.3, 0.4) is 0 Å². The van der Waals surface area contributed by atoms with Gasteiger partial charge in [-0.25, -0.2) is 0 Å². The van der Waals surface area contributed by atoms with E-state index < -0.39 is 0 Å². The minimum absolute atomic E-state index is 0.0974. The van der Waals surface area contributed by atoms with Crippen LogP contribution in [0.1, 0.15) is 33.1 Å². The fraction of sp³-hybridized carbons (Fsp3) is 0.750. The predicted molar refractivity (Wildman–Crippen MR) is 66.6 cm³/mol. The third-order valence-electron chi connectivity index (χ3n) is 3.14. The van der Waals surface area contributed by atoms with Crippen molar-refractivity contribution in [1.82, 2.24) is 4.90 Å². The van der Waals surface area contributed by atoms with Crippen molar-refractivity contribution in [2.45, 2.75) is 44.7 Å². The van der Waals surface area contributed by atoms with Gasteiger partial charge in [0.1, 0.15) is 7.28 Å². The lowest BCUT2D eigenvalue weighted by Gasteiger charge is -2.18. The average Bonchev–Trinajstić information content (AvgIpc) is 2.41. The smallest absolute Gasteiger partial charge is 0.245 e. The number of rotatable bonds is 3. The normalized spacial score (nSPS) is 22.3. The van der Waals surface area contributed by atoms with E-state index in [-0.39, 0.29) is 5.91 Å². The molecule has 1 heterocycles. The average molecular weight is 207 g/mol. The second-order valence-electron chi connectivity index (χ2n) is 4.96. The van der Waals surface area contributed by atoms with Crippen LogP contribution < -0.4 is 0 Å². The van der Waals surface area contributed by atoms with Crippen molar-refractivity contribution in [3.8, 4) is 0 Å². The molecule has 0 N–H and O–H groups in total. The SMILES string of the molecule is C=CC(=O)N1CCCC(BC(C)C)CC1. The van der Waals surface area contributed by atoms with Crippen molar-refractivity contribution in [2.24, 2.45) is 0 Å². The van der Waals surface area contributed by atoms with Gasteiger partial charge in [-0.15, -0.1) is 0 Å². The highest BCUT2D eigenvalue weighted by Crippen LogP contribution is 2.25. The Balaban J connectivity index is 2.41. The molecule has 0 aromatic carbocycles. The van der Waals surface area contributed by atoms with Crippen molar-refractivity contribution in [1.29, 1.82) is 0 Å². The van der Waals surface area contributed by atoms with Crippen LogP contribution in [-0.4, -0.2) is 31.2 Å². The number of hydrogen-bond donors (Lipinski definition) is 0. The Morgan fingerprint density at radius 3 is 2.80 bits per heavy atom. The van der Waals surface area contributed by atoms with Crippen LogP contribution in [0.5, 0.6) is 0 Å². The first-order valence-electron chi connectivity index (χ1n) is 6.04. The van der Waals surface area contributed by atoms with Crippen molar-refractivity contribution in [3.05, 3.63) is 12.7 Å². The molecule has 3 heteroatoms. The quantitative estimate of drug-likeness (QED) is 0.513. The zero-order chi connectivity index (χ0) is 11.3. The molecule has 1 rings (SSSR count). The van der Waals surface area contributed by atoms with Gasteiger partial charge in [0.25, 0.3) is 0 Å². The number of nitrogens with zero attached hydrogens (tertiary/aromatic N) is 1. The van der Waals surface area contributed by atoms with E-state index in [4.69, 9.17) is 0 Å². The summed E-state index contributed by atoms with van der Waals surface area (Å²) in [5.74, 6) is 1.68. The Labute approximate surface area is 94.0 Å².